The van der Waals surface area contributed by atoms with E-state index in [1.807, 2.05) is 30.3 Å². The molecule has 15 heavy (non-hydrogen) atoms. The minimum atomic E-state index is 0.304. The van der Waals surface area contributed by atoms with Gasteiger partial charge in [-0.1, -0.05) is 12.1 Å². The zero-order chi connectivity index (χ0) is 10.5. The number of epoxide rings is 1. The molecule has 1 heterocycles. The van der Waals surface area contributed by atoms with Crippen molar-refractivity contribution in [2.24, 2.45) is 0 Å². The lowest BCUT2D eigenvalue weighted by Gasteiger charge is -2.03. The van der Waals surface area contributed by atoms with Gasteiger partial charge in [0.05, 0.1) is 20.0 Å². The lowest BCUT2D eigenvalue weighted by molar-refractivity contribution is 0.263. The highest BCUT2D eigenvalue weighted by molar-refractivity contribution is 5.49. The topological polar surface area (TPSA) is 31.0 Å². The number of hydrogen-bond acceptors (Lipinski definition) is 3. The average molecular weight is 206 g/mol. The Hall–Kier alpha value is -1.48. The van der Waals surface area contributed by atoms with Gasteiger partial charge < -0.3 is 14.2 Å². The maximum Gasteiger partial charge on any atom is 0.119 e. The van der Waals surface area contributed by atoms with Gasteiger partial charge in [0.25, 0.3) is 0 Å². The van der Waals surface area contributed by atoms with Crippen molar-refractivity contribution in [1.82, 2.24) is 0 Å². The van der Waals surface area contributed by atoms with Crippen LogP contribution < -0.4 is 4.74 Å². The summed E-state index contributed by atoms with van der Waals surface area (Å²) in [6.45, 7) is 1.47. The second-order valence-corrected chi connectivity index (χ2v) is 3.37. The van der Waals surface area contributed by atoms with Crippen molar-refractivity contribution in [3.05, 3.63) is 36.1 Å². The highest BCUT2D eigenvalue weighted by Gasteiger charge is 2.22. The molecule has 0 bridgehead atoms. The van der Waals surface area contributed by atoms with E-state index < -0.39 is 0 Å². The highest BCUT2D eigenvalue weighted by Crippen LogP contribution is 2.16. The molecule has 1 aliphatic heterocycles. The lowest BCUT2D eigenvalue weighted by Crippen LogP contribution is -2.03. The van der Waals surface area contributed by atoms with Crippen LogP contribution in [0.15, 0.2) is 30.5 Å². The zero-order valence-electron chi connectivity index (χ0n) is 8.68. The summed E-state index contributed by atoms with van der Waals surface area (Å²) >= 11 is 0. The van der Waals surface area contributed by atoms with Crippen molar-refractivity contribution >= 4 is 6.08 Å². The molecule has 0 amide bonds. The second kappa shape index (κ2) is 4.84. The van der Waals surface area contributed by atoms with Crippen LogP contribution in [0.1, 0.15) is 5.56 Å². The minimum Gasteiger partial charge on any atom is -0.504 e. The Morgan fingerprint density at radius 1 is 1.40 bits per heavy atom. The van der Waals surface area contributed by atoms with Crippen molar-refractivity contribution in [3.8, 4) is 5.75 Å². The van der Waals surface area contributed by atoms with Gasteiger partial charge in [-0.3, -0.25) is 0 Å². The predicted octanol–water partition coefficient (Wildman–Crippen LogP) is 2.08. The summed E-state index contributed by atoms with van der Waals surface area (Å²) < 4.78 is 15.4. The summed E-state index contributed by atoms with van der Waals surface area (Å²) in [6.07, 6.45) is 3.85. The quantitative estimate of drug-likeness (QED) is 0.546. The predicted molar refractivity (Wildman–Crippen MR) is 57.7 cm³/mol. The SMILES string of the molecule is COC=Cc1ccc(OCC2CO2)cc1. The first-order valence-corrected chi connectivity index (χ1v) is 4.92. The third kappa shape index (κ3) is 3.29. The minimum absolute atomic E-state index is 0.304. The molecule has 0 aromatic heterocycles. The Morgan fingerprint density at radius 2 is 2.13 bits per heavy atom. The molecule has 1 unspecified atom stereocenters. The first-order chi connectivity index (χ1) is 7.38. The van der Waals surface area contributed by atoms with Crippen LogP contribution in [0.2, 0.25) is 0 Å². The van der Waals surface area contributed by atoms with Crippen LogP contribution in [0.3, 0.4) is 0 Å². The summed E-state index contributed by atoms with van der Waals surface area (Å²) in [5.41, 5.74) is 1.09. The first-order valence-electron chi connectivity index (χ1n) is 4.92. The van der Waals surface area contributed by atoms with Crippen molar-refractivity contribution in [3.63, 3.8) is 0 Å². The molecule has 3 heteroatoms. The third-order valence-corrected chi connectivity index (χ3v) is 2.11. The smallest absolute Gasteiger partial charge is 0.119 e. The van der Waals surface area contributed by atoms with Crippen LogP contribution >= 0.6 is 0 Å². The number of benzene rings is 1. The molecule has 1 fully saturated rings. The van der Waals surface area contributed by atoms with Gasteiger partial charge in [0.15, 0.2) is 0 Å². The summed E-state index contributed by atoms with van der Waals surface area (Å²) in [5.74, 6) is 0.875. The van der Waals surface area contributed by atoms with Gasteiger partial charge in [0, 0.05) is 0 Å². The van der Waals surface area contributed by atoms with E-state index >= 15 is 0 Å². The van der Waals surface area contributed by atoms with Crippen LogP contribution in [-0.2, 0) is 9.47 Å². The Labute approximate surface area is 89.3 Å². The van der Waals surface area contributed by atoms with Crippen molar-refractivity contribution in [2.45, 2.75) is 6.10 Å². The van der Waals surface area contributed by atoms with Gasteiger partial charge in [-0.25, -0.2) is 0 Å². The van der Waals surface area contributed by atoms with E-state index in [-0.39, 0.29) is 0 Å². The molecule has 0 spiro atoms. The van der Waals surface area contributed by atoms with Crippen molar-refractivity contribution < 1.29 is 14.2 Å². The van der Waals surface area contributed by atoms with E-state index in [1.165, 1.54) is 0 Å². The molecule has 1 aliphatic rings. The van der Waals surface area contributed by atoms with Crippen LogP contribution in [-0.4, -0.2) is 26.4 Å². The van der Waals surface area contributed by atoms with E-state index in [0.29, 0.717) is 12.7 Å². The summed E-state index contributed by atoms with van der Waals surface area (Å²) in [5, 5.41) is 0. The molecule has 1 atom stereocenters. The van der Waals surface area contributed by atoms with E-state index in [0.717, 1.165) is 17.9 Å². The molecule has 3 nitrogen and oxygen atoms in total. The maximum atomic E-state index is 5.51. The second-order valence-electron chi connectivity index (χ2n) is 3.37. The molecule has 1 aromatic carbocycles. The Bertz CT molecular complexity index is 325. The van der Waals surface area contributed by atoms with E-state index in [2.05, 4.69) is 0 Å². The number of methoxy groups -OCH3 is 1. The van der Waals surface area contributed by atoms with Crippen molar-refractivity contribution in [1.29, 1.82) is 0 Å². The summed E-state index contributed by atoms with van der Waals surface area (Å²) in [4.78, 5) is 0. The zero-order valence-corrected chi connectivity index (χ0v) is 8.68. The number of ether oxygens (including phenoxy) is 3. The third-order valence-electron chi connectivity index (χ3n) is 2.11. The Balaban J connectivity index is 1.87. The maximum absolute atomic E-state index is 5.51. The van der Waals surface area contributed by atoms with Crippen LogP contribution in [0.25, 0.3) is 6.08 Å². The van der Waals surface area contributed by atoms with Gasteiger partial charge >= 0.3 is 0 Å². The summed E-state index contributed by atoms with van der Waals surface area (Å²) in [6, 6.07) is 7.85. The molecule has 0 saturated carbocycles. The number of rotatable bonds is 5. The first kappa shape index (κ1) is 10.1. The average Bonchev–Trinajstić information content (AvgIpc) is 3.09. The van der Waals surface area contributed by atoms with Gasteiger partial charge in [-0.05, 0) is 23.8 Å². The van der Waals surface area contributed by atoms with Crippen LogP contribution in [0, 0.1) is 0 Å². The van der Waals surface area contributed by atoms with Gasteiger partial charge in [0.1, 0.15) is 18.5 Å². The fraction of sp³-hybridized carbons (Fsp3) is 0.333. The monoisotopic (exact) mass is 206 g/mol. The molecule has 1 aromatic rings. The van der Waals surface area contributed by atoms with Gasteiger partial charge in [-0.2, -0.15) is 0 Å². The normalized spacial score (nSPS) is 19.1. The fourth-order valence-corrected chi connectivity index (χ4v) is 1.18. The molecule has 2 rings (SSSR count). The molecule has 0 N–H and O–H groups in total. The van der Waals surface area contributed by atoms with Crippen molar-refractivity contribution in [2.75, 3.05) is 20.3 Å². The lowest BCUT2D eigenvalue weighted by atomic mass is 10.2. The standard InChI is InChI=1S/C12H14O3/c1-13-7-6-10-2-4-11(5-3-10)14-8-12-9-15-12/h2-7,12H,8-9H2,1H3. The molecular formula is C12H14O3. The molecule has 1 saturated heterocycles. The highest BCUT2D eigenvalue weighted by atomic mass is 16.6. The molecular weight excluding hydrogens is 192 g/mol. The molecule has 80 valence electrons. The summed E-state index contributed by atoms with van der Waals surface area (Å²) in [7, 11) is 1.63. The van der Waals surface area contributed by atoms with Crippen LogP contribution in [0.5, 0.6) is 5.75 Å². The van der Waals surface area contributed by atoms with E-state index in [4.69, 9.17) is 14.2 Å². The van der Waals surface area contributed by atoms with E-state index in [1.54, 1.807) is 13.4 Å². The van der Waals surface area contributed by atoms with Gasteiger partial charge in [-0.15, -0.1) is 0 Å². The van der Waals surface area contributed by atoms with E-state index in [9.17, 15) is 0 Å². The Kier molecular flexibility index (Phi) is 3.25. The molecule has 0 aliphatic carbocycles. The fourth-order valence-electron chi connectivity index (χ4n) is 1.18. The Morgan fingerprint density at radius 3 is 2.73 bits per heavy atom. The number of hydrogen-bond donors (Lipinski definition) is 0. The largest absolute Gasteiger partial charge is 0.504 e. The van der Waals surface area contributed by atoms with Gasteiger partial charge in [0.2, 0.25) is 0 Å². The van der Waals surface area contributed by atoms with Crippen LogP contribution in [0.4, 0.5) is 0 Å². The molecule has 0 radical (unpaired) electrons.